The second-order valence-electron chi connectivity index (χ2n) is 9.26. The summed E-state index contributed by atoms with van der Waals surface area (Å²) in [6, 6.07) is 9.91. The lowest BCUT2D eigenvalue weighted by Crippen LogP contribution is -2.31. The Morgan fingerprint density at radius 1 is 1.05 bits per heavy atom. The van der Waals surface area contributed by atoms with Crippen LogP contribution in [0.1, 0.15) is 26.8 Å². The second-order valence-corrected chi connectivity index (χ2v) is 12.6. The molecule has 0 aliphatic heterocycles. The van der Waals surface area contributed by atoms with Gasteiger partial charge in [-0.1, -0.05) is 12.1 Å². The minimum Gasteiger partial charge on any atom is -0.350 e. The third-order valence-corrected chi connectivity index (χ3v) is 8.24. The maximum absolute atomic E-state index is 15.5. The van der Waals surface area contributed by atoms with Gasteiger partial charge in [0.05, 0.1) is 33.6 Å². The average Bonchev–Trinajstić information content (AvgIpc) is 2.86. The molecule has 39 heavy (non-hydrogen) atoms. The number of nitrogens with zero attached hydrogens (tertiary/aromatic N) is 3. The first-order valence-corrected chi connectivity index (χ1v) is 14.4. The number of aromatic nitrogens is 3. The molecule has 0 bridgehead atoms. The van der Waals surface area contributed by atoms with Crippen LogP contribution in [0.25, 0.3) is 22.2 Å². The summed E-state index contributed by atoms with van der Waals surface area (Å²) in [5, 5.41) is 5.93. The first-order valence-electron chi connectivity index (χ1n) is 11.7. The highest BCUT2D eigenvalue weighted by Gasteiger charge is 2.25. The quantitative estimate of drug-likeness (QED) is 0.270. The van der Waals surface area contributed by atoms with E-state index >= 15 is 4.39 Å². The zero-order valence-electron chi connectivity index (χ0n) is 21.4. The van der Waals surface area contributed by atoms with Gasteiger partial charge in [-0.2, -0.15) is 9.49 Å². The van der Waals surface area contributed by atoms with Gasteiger partial charge >= 0.3 is 0 Å². The summed E-state index contributed by atoms with van der Waals surface area (Å²) < 4.78 is 60.1. The van der Waals surface area contributed by atoms with Crippen molar-refractivity contribution in [1.29, 1.82) is 0 Å². The van der Waals surface area contributed by atoms with Crippen LogP contribution in [0.3, 0.4) is 0 Å². The molecule has 0 aliphatic rings. The molecule has 2 aromatic carbocycles. The maximum atomic E-state index is 15.5. The average molecular weight is 668 g/mol. The van der Waals surface area contributed by atoms with Gasteiger partial charge in [-0.25, -0.2) is 17.5 Å². The van der Waals surface area contributed by atoms with Gasteiger partial charge in [0.1, 0.15) is 11.5 Å². The van der Waals surface area contributed by atoms with E-state index in [0.717, 1.165) is 9.25 Å². The van der Waals surface area contributed by atoms with Gasteiger partial charge in [0, 0.05) is 21.9 Å². The highest BCUT2D eigenvalue weighted by Crippen LogP contribution is 2.33. The number of hydrogen-bond donors (Lipinski definition) is 2. The molecule has 0 spiro atoms. The largest absolute Gasteiger partial charge is 0.350 e. The van der Waals surface area contributed by atoms with Gasteiger partial charge in [0.15, 0.2) is 0 Å². The van der Waals surface area contributed by atoms with Gasteiger partial charge in [-0.05, 0) is 80.6 Å². The highest BCUT2D eigenvalue weighted by atomic mass is 127. The van der Waals surface area contributed by atoms with Crippen molar-refractivity contribution in [3.63, 3.8) is 0 Å². The van der Waals surface area contributed by atoms with Gasteiger partial charge in [0.2, 0.25) is 15.8 Å². The van der Waals surface area contributed by atoms with E-state index in [1.165, 1.54) is 38.2 Å². The lowest BCUT2D eigenvalue weighted by atomic mass is 10.1. The molecule has 1 atom stereocenters. The molecule has 0 saturated carbocycles. The minimum atomic E-state index is -3.78. The van der Waals surface area contributed by atoms with Gasteiger partial charge in [-0.3, -0.25) is 14.3 Å². The Balaban J connectivity index is 2.08. The molecule has 9 nitrogen and oxygen atoms in total. The fourth-order valence-electron chi connectivity index (χ4n) is 3.93. The molecule has 2 heterocycles. The Morgan fingerprint density at radius 2 is 1.74 bits per heavy atom. The summed E-state index contributed by atoms with van der Waals surface area (Å²) in [4.78, 5) is 26.6. The van der Waals surface area contributed by atoms with Crippen LogP contribution in [0.2, 0.25) is 0 Å². The summed E-state index contributed by atoms with van der Waals surface area (Å²) in [6.07, 6.45) is 0. The zero-order valence-corrected chi connectivity index (χ0v) is 24.4. The molecular weight excluding hydrogens is 643 g/mol. The van der Waals surface area contributed by atoms with Crippen molar-refractivity contribution >= 4 is 60.6 Å². The summed E-state index contributed by atoms with van der Waals surface area (Å²) in [5.74, 6) is -1.97. The summed E-state index contributed by atoms with van der Waals surface area (Å²) >= 11 is 1.92. The highest BCUT2D eigenvalue weighted by molar-refractivity contribution is 14.1. The summed E-state index contributed by atoms with van der Waals surface area (Å²) in [6.45, 7) is 8.38. The van der Waals surface area contributed by atoms with Crippen molar-refractivity contribution < 1.29 is 17.2 Å². The van der Waals surface area contributed by atoms with Crippen molar-refractivity contribution in [2.75, 3.05) is 10.0 Å². The molecule has 4 rings (SSSR count). The van der Waals surface area contributed by atoms with Gasteiger partial charge < -0.3 is 9.88 Å². The van der Waals surface area contributed by atoms with E-state index in [0.29, 0.717) is 9.13 Å². The fraction of sp³-hybridized carbons (Fsp3) is 0.231. The summed E-state index contributed by atoms with van der Waals surface area (Å²) in [5.41, 5.74) is -1.73. The van der Waals surface area contributed by atoms with Crippen LogP contribution < -0.4 is 21.2 Å². The van der Waals surface area contributed by atoms with Crippen LogP contribution in [-0.2, 0) is 17.1 Å². The van der Waals surface area contributed by atoms with E-state index in [2.05, 4.69) is 22.1 Å². The molecule has 205 valence electrons. The Kier molecular flexibility index (Phi) is 7.85. The topological polar surface area (TPSA) is 115 Å². The van der Waals surface area contributed by atoms with Crippen LogP contribution in [0, 0.1) is 22.1 Å². The third-order valence-electron chi connectivity index (χ3n) is 5.99. The normalized spacial score (nSPS) is 11.9. The molecular formula is C26H25F2IN5O4S. The number of halogens is 3. The first-order chi connectivity index (χ1) is 18.2. The molecule has 0 fully saturated rings. The van der Waals surface area contributed by atoms with Crippen molar-refractivity contribution in [2.45, 2.75) is 32.1 Å². The lowest BCUT2D eigenvalue weighted by Gasteiger charge is -2.19. The van der Waals surface area contributed by atoms with E-state index < -0.39 is 49.8 Å². The molecule has 2 aromatic heterocycles. The molecule has 13 heteroatoms. The molecule has 4 aromatic rings. The predicted octanol–water partition coefficient (Wildman–Crippen LogP) is 4.93. The number of rotatable bonds is 7. The van der Waals surface area contributed by atoms with E-state index in [4.69, 9.17) is 0 Å². The van der Waals surface area contributed by atoms with E-state index in [9.17, 15) is 22.4 Å². The van der Waals surface area contributed by atoms with Crippen molar-refractivity contribution in [2.24, 2.45) is 7.05 Å². The van der Waals surface area contributed by atoms with E-state index in [-0.39, 0.29) is 28.0 Å². The standard InChI is InChI=1S/C26H25F2IN5O4S/c1-13(2)34-25(35)20-23(30-19-10-9-16(29)12-18(19)27)21(28)26(36)33(5)24(20)22(31-34)15-7-6-8-17(11-15)32-39(37,38)14(3)4/h6-14,30,32H,3H2,1-2,4-5H3. The summed E-state index contributed by atoms with van der Waals surface area (Å²) in [7, 11) is -2.48. The number of hydrogen-bond acceptors (Lipinski definition) is 6. The Hall–Kier alpha value is -3.33. The van der Waals surface area contributed by atoms with Crippen LogP contribution in [-0.4, -0.2) is 28.0 Å². The smallest absolute Gasteiger partial charge is 0.289 e. The van der Waals surface area contributed by atoms with Crippen LogP contribution in [0.15, 0.2) is 52.1 Å². The SMILES string of the molecule is [CH2]C(C)S(=O)(=O)Nc1cccc(-c2nn(C(C)C)c(=O)c3c(Nc4ccc(I)cc4F)c(F)c(=O)n(C)c23)c1. The zero-order chi connectivity index (χ0) is 28.8. The van der Waals surface area contributed by atoms with Crippen molar-refractivity contribution in [1.82, 2.24) is 14.3 Å². The maximum Gasteiger partial charge on any atom is 0.289 e. The molecule has 1 radical (unpaired) electrons. The first kappa shape index (κ1) is 28.7. The Labute approximate surface area is 237 Å². The fourth-order valence-corrected chi connectivity index (χ4v) is 5.04. The van der Waals surface area contributed by atoms with E-state index in [1.54, 1.807) is 32.0 Å². The minimum absolute atomic E-state index is 0.0118. The van der Waals surface area contributed by atoms with Gasteiger partial charge in [-0.15, -0.1) is 0 Å². The monoisotopic (exact) mass is 668 g/mol. The number of pyridine rings is 1. The third kappa shape index (κ3) is 5.41. The Bertz CT molecular complexity index is 1840. The molecule has 1 unspecified atom stereocenters. The number of fused-ring (bicyclic) bond motifs is 1. The molecule has 2 N–H and O–H groups in total. The lowest BCUT2D eigenvalue weighted by molar-refractivity contribution is 0.508. The van der Waals surface area contributed by atoms with Crippen LogP contribution in [0.4, 0.5) is 25.8 Å². The second kappa shape index (κ2) is 10.7. The Morgan fingerprint density at radius 3 is 2.36 bits per heavy atom. The predicted molar refractivity (Wildman–Crippen MR) is 157 cm³/mol. The van der Waals surface area contributed by atoms with Crippen molar-refractivity contribution in [3.8, 4) is 11.3 Å². The number of aryl methyl sites for hydroxylation is 1. The van der Waals surface area contributed by atoms with Gasteiger partial charge in [0.25, 0.3) is 11.1 Å². The number of benzene rings is 2. The molecule has 0 aliphatic carbocycles. The molecule has 0 amide bonds. The van der Waals surface area contributed by atoms with Crippen LogP contribution >= 0.6 is 22.6 Å². The molecule has 0 saturated heterocycles. The van der Waals surface area contributed by atoms with E-state index in [1.807, 2.05) is 22.6 Å². The van der Waals surface area contributed by atoms with Crippen molar-refractivity contribution in [3.05, 3.63) is 85.3 Å². The van der Waals surface area contributed by atoms with Crippen LogP contribution in [0.5, 0.6) is 0 Å². The number of nitrogens with one attached hydrogen (secondary N) is 2. The number of anilines is 3. The number of sulfonamides is 1.